The van der Waals surface area contributed by atoms with Gasteiger partial charge in [0.25, 0.3) is 5.91 Å². The van der Waals surface area contributed by atoms with E-state index >= 15 is 0 Å². The van der Waals surface area contributed by atoms with Gasteiger partial charge in [-0.3, -0.25) is 14.4 Å². The van der Waals surface area contributed by atoms with Gasteiger partial charge >= 0.3 is 0 Å². The number of nitrogens with one attached hydrogen (secondary N) is 1. The van der Waals surface area contributed by atoms with Crippen molar-refractivity contribution in [3.63, 3.8) is 0 Å². The summed E-state index contributed by atoms with van der Waals surface area (Å²) < 4.78 is 0. The second-order valence-corrected chi connectivity index (χ2v) is 7.46. The molecule has 1 N–H and O–H groups in total. The van der Waals surface area contributed by atoms with Gasteiger partial charge in [-0.2, -0.15) is 0 Å². The first-order chi connectivity index (χ1) is 13.5. The lowest BCUT2D eigenvalue weighted by atomic mass is 9.88. The van der Waals surface area contributed by atoms with Gasteiger partial charge in [0.15, 0.2) is 5.78 Å². The number of Topliss-reactive ketones (excluding diaryl/α,β-unsaturated/α-hetero) is 1. The fraction of sp³-hybridized carbons (Fsp3) is 0.318. The number of rotatable bonds is 5. The molecule has 1 aliphatic heterocycles. The molecule has 1 aliphatic rings. The zero-order valence-electron chi connectivity index (χ0n) is 15.8. The summed E-state index contributed by atoms with van der Waals surface area (Å²) in [6, 6.07) is 14.3. The lowest BCUT2D eigenvalue weighted by Crippen LogP contribution is -2.45. The van der Waals surface area contributed by atoms with E-state index in [0.717, 1.165) is 11.1 Å². The Morgan fingerprint density at radius 2 is 1.68 bits per heavy atom. The van der Waals surface area contributed by atoms with E-state index in [1.807, 2.05) is 31.2 Å². The van der Waals surface area contributed by atoms with Gasteiger partial charge in [-0.25, -0.2) is 0 Å². The first-order valence-corrected chi connectivity index (χ1v) is 9.75. The number of hydrogen-bond acceptors (Lipinski definition) is 3. The smallest absolute Gasteiger partial charge is 0.253 e. The van der Waals surface area contributed by atoms with Gasteiger partial charge in [0.1, 0.15) is 0 Å². The largest absolute Gasteiger partial charge is 0.343 e. The number of ketones is 1. The van der Waals surface area contributed by atoms with E-state index in [1.165, 1.54) is 0 Å². The third-order valence-corrected chi connectivity index (χ3v) is 5.40. The molecule has 28 heavy (non-hydrogen) atoms. The third-order valence-electron chi connectivity index (χ3n) is 5.07. The molecule has 3 rings (SSSR count). The van der Waals surface area contributed by atoms with Crippen LogP contribution in [-0.2, 0) is 4.79 Å². The van der Waals surface area contributed by atoms with Crippen molar-refractivity contribution in [2.75, 3.05) is 19.6 Å². The highest BCUT2D eigenvalue weighted by molar-refractivity contribution is 6.33. The lowest BCUT2D eigenvalue weighted by molar-refractivity contribution is -0.131. The van der Waals surface area contributed by atoms with Gasteiger partial charge in [0.05, 0.1) is 17.1 Å². The second kappa shape index (κ2) is 9.02. The highest BCUT2D eigenvalue weighted by atomic mass is 35.5. The zero-order chi connectivity index (χ0) is 20.1. The summed E-state index contributed by atoms with van der Waals surface area (Å²) in [5, 5.41) is 2.97. The van der Waals surface area contributed by atoms with Gasteiger partial charge in [-0.15, -0.1) is 0 Å². The highest BCUT2D eigenvalue weighted by Crippen LogP contribution is 2.22. The van der Waals surface area contributed by atoms with E-state index in [-0.39, 0.29) is 30.1 Å². The maximum absolute atomic E-state index is 12.6. The van der Waals surface area contributed by atoms with Crippen LogP contribution >= 0.6 is 11.6 Å². The molecule has 2 amide bonds. The standard InChI is InChI=1S/C22H23ClN2O3/c1-15-6-8-16(9-7-15)21(27)17-10-12-25(13-11-17)20(26)14-24-22(28)18-4-2-3-5-19(18)23/h2-9,17H,10-14H2,1H3,(H,24,28). The van der Waals surface area contributed by atoms with Gasteiger partial charge < -0.3 is 10.2 Å². The molecule has 0 saturated carbocycles. The van der Waals surface area contributed by atoms with E-state index in [9.17, 15) is 14.4 Å². The number of benzene rings is 2. The van der Waals surface area contributed by atoms with Gasteiger partial charge in [0, 0.05) is 24.6 Å². The molecular weight excluding hydrogens is 376 g/mol. The fourth-order valence-corrected chi connectivity index (χ4v) is 3.57. The Kier molecular flexibility index (Phi) is 6.47. The molecule has 2 aromatic rings. The number of carbonyl (C=O) groups is 3. The van der Waals surface area contributed by atoms with Crippen molar-refractivity contribution >= 4 is 29.2 Å². The van der Waals surface area contributed by atoms with Crippen molar-refractivity contribution in [2.24, 2.45) is 5.92 Å². The van der Waals surface area contributed by atoms with Crippen LogP contribution in [0.15, 0.2) is 48.5 Å². The SMILES string of the molecule is Cc1ccc(C(=O)C2CCN(C(=O)CNC(=O)c3ccccc3Cl)CC2)cc1. The molecule has 0 aromatic heterocycles. The minimum absolute atomic E-state index is 0.0653. The quantitative estimate of drug-likeness (QED) is 0.784. The molecule has 1 heterocycles. The molecule has 5 nitrogen and oxygen atoms in total. The Morgan fingerprint density at radius 1 is 1.04 bits per heavy atom. The average Bonchev–Trinajstić information content (AvgIpc) is 2.72. The summed E-state index contributed by atoms with van der Waals surface area (Å²) in [6.45, 7) is 2.94. The Hall–Kier alpha value is -2.66. The van der Waals surface area contributed by atoms with Crippen molar-refractivity contribution in [3.8, 4) is 0 Å². The molecule has 146 valence electrons. The van der Waals surface area contributed by atoms with Crippen LogP contribution in [-0.4, -0.2) is 42.1 Å². The maximum atomic E-state index is 12.6. The first kappa shape index (κ1) is 20.1. The predicted molar refractivity (Wildman–Crippen MR) is 109 cm³/mol. The predicted octanol–water partition coefficient (Wildman–Crippen LogP) is 3.50. The van der Waals surface area contributed by atoms with E-state index in [4.69, 9.17) is 11.6 Å². The van der Waals surface area contributed by atoms with Crippen molar-refractivity contribution in [1.82, 2.24) is 10.2 Å². The van der Waals surface area contributed by atoms with Crippen molar-refractivity contribution < 1.29 is 14.4 Å². The number of hydrogen-bond donors (Lipinski definition) is 1. The Morgan fingerprint density at radius 3 is 2.32 bits per heavy atom. The number of halogens is 1. The molecular formula is C22H23ClN2O3. The maximum Gasteiger partial charge on any atom is 0.253 e. The Balaban J connectivity index is 1.48. The summed E-state index contributed by atoms with van der Waals surface area (Å²) in [7, 11) is 0. The topological polar surface area (TPSA) is 66.5 Å². The molecule has 1 fully saturated rings. The molecule has 0 atom stereocenters. The van der Waals surface area contributed by atoms with Gasteiger partial charge in [0.2, 0.25) is 5.91 Å². The molecule has 0 aliphatic carbocycles. The van der Waals surface area contributed by atoms with Crippen LogP contribution in [0.3, 0.4) is 0 Å². The van der Waals surface area contributed by atoms with Crippen molar-refractivity contribution in [2.45, 2.75) is 19.8 Å². The van der Waals surface area contributed by atoms with Gasteiger partial charge in [-0.1, -0.05) is 53.6 Å². The van der Waals surface area contributed by atoms with Crippen LogP contribution < -0.4 is 5.32 Å². The van der Waals surface area contributed by atoms with Crippen molar-refractivity contribution in [1.29, 1.82) is 0 Å². The lowest BCUT2D eigenvalue weighted by Gasteiger charge is -2.31. The Labute approximate surface area is 169 Å². The molecule has 0 radical (unpaired) electrons. The first-order valence-electron chi connectivity index (χ1n) is 9.37. The third kappa shape index (κ3) is 4.78. The van der Waals surface area contributed by atoms with Crippen LogP contribution in [0.1, 0.15) is 39.1 Å². The fourth-order valence-electron chi connectivity index (χ4n) is 3.35. The summed E-state index contributed by atoms with van der Waals surface area (Å²) >= 11 is 6.00. The summed E-state index contributed by atoms with van der Waals surface area (Å²) in [5.41, 5.74) is 2.19. The van der Waals surface area contributed by atoms with Crippen molar-refractivity contribution in [3.05, 3.63) is 70.2 Å². The number of aryl methyl sites for hydroxylation is 1. The molecule has 1 saturated heterocycles. The number of carbonyl (C=O) groups excluding carboxylic acids is 3. The average molecular weight is 399 g/mol. The van der Waals surface area contributed by atoms with E-state index < -0.39 is 0 Å². The number of amides is 2. The second-order valence-electron chi connectivity index (χ2n) is 7.05. The van der Waals surface area contributed by atoms with Crippen LogP contribution in [0.4, 0.5) is 0 Å². The van der Waals surface area contributed by atoms with Crippen LogP contribution in [0, 0.1) is 12.8 Å². The highest BCUT2D eigenvalue weighted by Gasteiger charge is 2.28. The molecule has 0 bridgehead atoms. The summed E-state index contributed by atoms with van der Waals surface area (Å²) in [4.78, 5) is 38.9. The number of nitrogens with zero attached hydrogens (tertiary/aromatic N) is 1. The van der Waals surface area contributed by atoms with Crippen LogP contribution in [0.5, 0.6) is 0 Å². The molecule has 2 aromatic carbocycles. The minimum atomic E-state index is -0.372. The van der Waals surface area contributed by atoms with Crippen LogP contribution in [0.2, 0.25) is 5.02 Å². The normalized spacial score (nSPS) is 14.6. The minimum Gasteiger partial charge on any atom is -0.343 e. The number of piperidine rings is 1. The molecule has 0 spiro atoms. The Bertz CT molecular complexity index is 872. The summed E-state index contributed by atoms with van der Waals surface area (Å²) in [5.74, 6) is -0.450. The van der Waals surface area contributed by atoms with Gasteiger partial charge in [-0.05, 0) is 31.9 Å². The van der Waals surface area contributed by atoms with E-state index in [0.29, 0.717) is 36.5 Å². The molecule has 0 unspecified atom stereocenters. The monoisotopic (exact) mass is 398 g/mol. The molecule has 6 heteroatoms. The summed E-state index contributed by atoms with van der Waals surface area (Å²) in [6.07, 6.45) is 1.27. The zero-order valence-corrected chi connectivity index (χ0v) is 16.5. The number of likely N-dealkylation sites (tertiary alicyclic amines) is 1. The van der Waals surface area contributed by atoms with E-state index in [1.54, 1.807) is 29.2 Å². The van der Waals surface area contributed by atoms with Crippen LogP contribution in [0.25, 0.3) is 0 Å². The van der Waals surface area contributed by atoms with E-state index in [2.05, 4.69) is 5.32 Å².